The molecular weight excluding hydrogens is 341 g/mol. The standard InChI is InChI=1S/C16H13Cl2NO4/c1-9-3-2-4-13(15(9)21)16(22)23-8-14(20)19-12-6-10(17)5-11(18)7-12/h2-7,21H,8H2,1H3,(H,19,20). The predicted molar refractivity (Wildman–Crippen MR) is 88.2 cm³/mol. The number of aryl methyl sites for hydroxylation is 1. The number of ether oxygens (including phenoxy) is 1. The van der Waals surface area contributed by atoms with Crippen molar-refractivity contribution in [2.45, 2.75) is 6.92 Å². The van der Waals surface area contributed by atoms with Crippen molar-refractivity contribution in [3.05, 3.63) is 57.6 Å². The van der Waals surface area contributed by atoms with E-state index in [1.165, 1.54) is 24.3 Å². The van der Waals surface area contributed by atoms with Crippen LogP contribution in [0.15, 0.2) is 36.4 Å². The van der Waals surface area contributed by atoms with Crippen LogP contribution in [0.4, 0.5) is 5.69 Å². The third-order valence-corrected chi connectivity index (χ3v) is 3.37. The highest BCUT2D eigenvalue weighted by Crippen LogP contribution is 2.23. The molecule has 0 fully saturated rings. The molecule has 0 atom stereocenters. The van der Waals surface area contributed by atoms with Crippen molar-refractivity contribution in [1.29, 1.82) is 0 Å². The average molecular weight is 354 g/mol. The summed E-state index contributed by atoms with van der Waals surface area (Å²) in [6, 6.07) is 9.24. The van der Waals surface area contributed by atoms with Crippen molar-refractivity contribution in [1.82, 2.24) is 0 Å². The summed E-state index contributed by atoms with van der Waals surface area (Å²) >= 11 is 11.6. The summed E-state index contributed by atoms with van der Waals surface area (Å²) in [5.74, 6) is -1.51. The number of benzene rings is 2. The van der Waals surface area contributed by atoms with E-state index in [9.17, 15) is 14.7 Å². The maximum atomic E-state index is 11.9. The van der Waals surface area contributed by atoms with Crippen LogP contribution in [0.3, 0.4) is 0 Å². The normalized spacial score (nSPS) is 10.2. The number of amides is 1. The van der Waals surface area contributed by atoms with Gasteiger partial charge in [-0.25, -0.2) is 4.79 Å². The number of para-hydroxylation sites is 1. The minimum absolute atomic E-state index is 0.00333. The van der Waals surface area contributed by atoms with Gasteiger partial charge < -0.3 is 15.2 Å². The van der Waals surface area contributed by atoms with Crippen LogP contribution in [0.2, 0.25) is 10.0 Å². The van der Waals surface area contributed by atoms with E-state index >= 15 is 0 Å². The van der Waals surface area contributed by atoms with E-state index in [2.05, 4.69) is 5.32 Å². The van der Waals surface area contributed by atoms with E-state index in [1.54, 1.807) is 19.1 Å². The first kappa shape index (κ1) is 17.1. The number of hydrogen-bond donors (Lipinski definition) is 2. The molecule has 0 bridgehead atoms. The highest BCUT2D eigenvalue weighted by molar-refractivity contribution is 6.35. The zero-order chi connectivity index (χ0) is 17.0. The van der Waals surface area contributed by atoms with Crippen LogP contribution in [-0.4, -0.2) is 23.6 Å². The first-order chi connectivity index (χ1) is 10.9. The molecule has 1 amide bonds. The number of aromatic hydroxyl groups is 1. The summed E-state index contributed by atoms with van der Waals surface area (Å²) in [5.41, 5.74) is 0.933. The number of esters is 1. The topological polar surface area (TPSA) is 75.6 Å². The van der Waals surface area contributed by atoms with E-state index in [-0.39, 0.29) is 11.3 Å². The van der Waals surface area contributed by atoms with Crippen LogP contribution in [0, 0.1) is 6.92 Å². The highest BCUT2D eigenvalue weighted by Gasteiger charge is 2.15. The van der Waals surface area contributed by atoms with Gasteiger partial charge in [0.15, 0.2) is 6.61 Å². The fourth-order valence-electron chi connectivity index (χ4n) is 1.86. The molecule has 23 heavy (non-hydrogen) atoms. The second-order valence-corrected chi connectivity index (χ2v) is 5.63. The SMILES string of the molecule is Cc1cccc(C(=O)OCC(=O)Nc2cc(Cl)cc(Cl)c2)c1O. The maximum Gasteiger partial charge on any atom is 0.342 e. The summed E-state index contributed by atoms with van der Waals surface area (Å²) in [5, 5.41) is 13.0. The molecule has 0 aliphatic rings. The Morgan fingerprint density at radius 1 is 1.17 bits per heavy atom. The van der Waals surface area contributed by atoms with Crippen LogP contribution < -0.4 is 5.32 Å². The highest BCUT2D eigenvalue weighted by atomic mass is 35.5. The largest absolute Gasteiger partial charge is 0.507 e. The quantitative estimate of drug-likeness (QED) is 0.819. The molecule has 0 saturated heterocycles. The first-order valence-corrected chi connectivity index (χ1v) is 7.34. The molecule has 0 aromatic heterocycles. The number of hydrogen-bond acceptors (Lipinski definition) is 4. The lowest BCUT2D eigenvalue weighted by Gasteiger charge is -2.09. The summed E-state index contributed by atoms with van der Waals surface area (Å²) in [6.07, 6.45) is 0. The van der Waals surface area contributed by atoms with Gasteiger partial charge in [-0.2, -0.15) is 0 Å². The molecular formula is C16H13Cl2NO4. The fourth-order valence-corrected chi connectivity index (χ4v) is 2.38. The van der Waals surface area contributed by atoms with Gasteiger partial charge in [-0.1, -0.05) is 35.3 Å². The molecule has 2 aromatic carbocycles. The number of anilines is 1. The van der Waals surface area contributed by atoms with Gasteiger partial charge in [0, 0.05) is 15.7 Å². The molecule has 0 aliphatic carbocycles. The molecule has 0 heterocycles. The van der Waals surface area contributed by atoms with Crippen LogP contribution >= 0.6 is 23.2 Å². The average Bonchev–Trinajstić information content (AvgIpc) is 2.46. The van der Waals surface area contributed by atoms with Gasteiger partial charge in [0.05, 0.1) is 0 Å². The number of carbonyl (C=O) groups is 2. The number of rotatable bonds is 4. The van der Waals surface area contributed by atoms with Gasteiger partial charge in [-0.05, 0) is 36.8 Å². The van der Waals surface area contributed by atoms with Crippen molar-refractivity contribution in [3.8, 4) is 5.75 Å². The lowest BCUT2D eigenvalue weighted by atomic mass is 10.1. The Morgan fingerprint density at radius 2 is 1.83 bits per heavy atom. The van der Waals surface area contributed by atoms with E-state index in [0.717, 1.165) is 0 Å². The Bertz CT molecular complexity index is 741. The molecule has 2 aromatic rings. The Balaban J connectivity index is 1.96. The number of nitrogens with one attached hydrogen (secondary N) is 1. The van der Waals surface area contributed by atoms with Crippen molar-refractivity contribution in [3.63, 3.8) is 0 Å². The van der Waals surface area contributed by atoms with Gasteiger partial charge >= 0.3 is 5.97 Å². The zero-order valence-electron chi connectivity index (χ0n) is 12.1. The monoisotopic (exact) mass is 353 g/mol. The molecule has 0 unspecified atom stereocenters. The Morgan fingerprint density at radius 3 is 2.48 bits per heavy atom. The van der Waals surface area contributed by atoms with Crippen molar-refractivity contribution in [2.75, 3.05) is 11.9 Å². The molecule has 0 radical (unpaired) electrons. The van der Waals surface area contributed by atoms with E-state index in [0.29, 0.717) is 21.3 Å². The van der Waals surface area contributed by atoms with Gasteiger partial charge in [0.1, 0.15) is 11.3 Å². The van der Waals surface area contributed by atoms with Crippen molar-refractivity contribution >= 4 is 40.8 Å². The van der Waals surface area contributed by atoms with E-state index in [4.69, 9.17) is 27.9 Å². The lowest BCUT2D eigenvalue weighted by Crippen LogP contribution is -2.21. The number of phenols is 1. The van der Waals surface area contributed by atoms with Crippen LogP contribution in [0.25, 0.3) is 0 Å². The molecule has 2 rings (SSSR count). The maximum absolute atomic E-state index is 11.9. The smallest absolute Gasteiger partial charge is 0.342 e. The second kappa shape index (κ2) is 7.35. The van der Waals surface area contributed by atoms with Gasteiger partial charge in [-0.15, -0.1) is 0 Å². The van der Waals surface area contributed by atoms with Crippen molar-refractivity contribution < 1.29 is 19.4 Å². The number of halogens is 2. The zero-order valence-corrected chi connectivity index (χ0v) is 13.6. The minimum Gasteiger partial charge on any atom is -0.507 e. The summed E-state index contributed by atoms with van der Waals surface area (Å²) in [6.45, 7) is 1.15. The Kier molecular flexibility index (Phi) is 5.47. The van der Waals surface area contributed by atoms with Gasteiger partial charge in [-0.3, -0.25) is 4.79 Å². The summed E-state index contributed by atoms with van der Waals surface area (Å²) in [4.78, 5) is 23.7. The number of carbonyl (C=O) groups excluding carboxylic acids is 2. The van der Waals surface area contributed by atoms with Gasteiger partial charge in [0.2, 0.25) is 0 Å². The lowest BCUT2D eigenvalue weighted by molar-refractivity contribution is -0.119. The number of phenolic OH excluding ortho intramolecular Hbond substituents is 1. The molecule has 0 spiro atoms. The molecule has 0 aliphatic heterocycles. The van der Waals surface area contributed by atoms with Crippen LogP contribution in [0.5, 0.6) is 5.75 Å². The molecule has 0 saturated carbocycles. The Labute approximate surface area is 142 Å². The van der Waals surface area contributed by atoms with Crippen LogP contribution in [-0.2, 0) is 9.53 Å². The predicted octanol–water partition coefficient (Wildman–Crippen LogP) is 3.80. The molecule has 5 nitrogen and oxygen atoms in total. The van der Waals surface area contributed by atoms with Crippen LogP contribution in [0.1, 0.15) is 15.9 Å². The van der Waals surface area contributed by atoms with E-state index in [1.807, 2.05) is 0 Å². The summed E-state index contributed by atoms with van der Waals surface area (Å²) in [7, 11) is 0. The summed E-state index contributed by atoms with van der Waals surface area (Å²) < 4.78 is 4.88. The second-order valence-electron chi connectivity index (χ2n) is 4.75. The fraction of sp³-hybridized carbons (Fsp3) is 0.125. The van der Waals surface area contributed by atoms with E-state index < -0.39 is 18.5 Å². The van der Waals surface area contributed by atoms with Crippen molar-refractivity contribution in [2.24, 2.45) is 0 Å². The third kappa shape index (κ3) is 4.61. The first-order valence-electron chi connectivity index (χ1n) is 6.58. The third-order valence-electron chi connectivity index (χ3n) is 2.94. The van der Waals surface area contributed by atoms with Gasteiger partial charge in [0.25, 0.3) is 5.91 Å². The molecule has 120 valence electrons. The molecule has 2 N–H and O–H groups in total. The Hall–Kier alpha value is -2.24. The minimum atomic E-state index is -0.787. The molecule has 7 heteroatoms.